The van der Waals surface area contributed by atoms with Crippen molar-refractivity contribution in [3.05, 3.63) is 90.0 Å². The molecule has 0 heterocycles. The summed E-state index contributed by atoms with van der Waals surface area (Å²) in [5.41, 5.74) is 1.71. The number of nitrogens with zero attached hydrogens (tertiary/aromatic N) is 2. The van der Waals surface area contributed by atoms with E-state index in [1.165, 1.54) is 12.4 Å². The van der Waals surface area contributed by atoms with Gasteiger partial charge in [-0.3, -0.25) is 0 Å². The standard InChI is InChI=1S/C20H17N2O2P/c23-21-14-16-8-4-6-12-19(16)25(18-10-2-1-3-11-18)20-13-7-5-9-17(20)15-22-24/h1-15,23-24H/b21-14-,22-15-. The molecule has 2 N–H and O–H groups in total. The van der Waals surface area contributed by atoms with Gasteiger partial charge in [-0.2, -0.15) is 0 Å². The molecule has 0 spiro atoms. The maximum atomic E-state index is 9.03. The summed E-state index contributed by atoms with van der Waals surface area (Å²) < 4.78 is 0. The van der Waals surface area contributed by atoms with Crippen LogP contribution in [0.3, 0.4) is 0 Å². The van der Waals surface area contributed by atoms with Crippen molar-refractivity contribution in [2.24, 2.45) is 10.3 Å². The van der Waals surface area contributed by atoms with Gasteiger partial charge in [0.1, 0.15) is 0 Å². The highest BCUT2D eigenvalue weighted by molar-refractivity contribution is 7.80. The average Bonchev–Trinajstić information content (AvgIpc) is 2.66. The summed E-state index contributed by atoms with van der Waals surface area (Å²) >= 11 is 0. The lowest BCUT2D eigenvalue weighted by Gasteiger charge is -2.22. The molecule has 0 saturated carbocycles. The molecule has 0 unspecified atom stereocenters. The van der Waals surface area contributed by atoms with E-state index in [9.17, 15) is 0 Å². The molecule has 0 aliphatic carbocycles. The number of hydrogen-bond donors (Lipinski definition) is 2. The summed E-state index contributed by atoms with van der Waals surface area (Å²) in [6, 6.07) is 25.9. The van der Waals surface area contributed by atoms with E-state index in [0.29, 0.717) is 0 Å². The molecule has 4 nitrogen and oxygen atoms in total. The summed E-state index contributed by atoms with van der Waals surface area (Å²) in [7, 11) is -0.915. The molecular formula is C20H17N2O2P. The second kappa shape index (κ2) is 8.22. The third-order valence-corrected chi connectivity index (χ3v) is 6.36. The molecule has 5 heteroatoms. The Morgan fingerprint density at radius 3 is 1.52 bits per heavy atom. The fourth-order valence-corrected chi connectivity index (χ4v) is 5.25. The topological polar surface area (TPSA) is 65.2 Å². The minimum Gasteiger partial charge on any atom is -0.411 e. The first-order chi connectivity index (χ1) is 12.3. The first-order valence-corrected chi connectivity index (χ1v) is 9.07. The van der Waals surface area contributed by atoms with Crippen LogP contribution in [0.1, 0.15) is 11.1 Å². The van der Waals surface area contributed by atoms with Crippen molar-refractivity contribution < 1.29 is 10.4 Å². The average molecular weight is 348 g/mol. The highest BCUT2D eigenvalue weighted by Gasteiger charge is 2.21. The third kappa shape index (κ3) is 3.76. The molecule has 0 atom stereocenters. The minimum absolute atomic E-state index is 0.857. The van der Waals surface area contributed by atoms with Gasteiger partial charge in [0.25, 0.3) is 0 Å². The maximum absolute atomic E-state index is 9.03. The second-order valence-electron chi connectivity index (χ2n) is 5.28. The van der Waals surface area contributed by atoms with Gasteiger partial charge in [0.15, 0.2) is 0 Å². The normalized spacial score (nSPS) is 11.6. The predicted octanol–water partition coefficient (Wildman–Crippen LogP) is 3.06. The summed E-state index contributed by atoms with van der Waals surface area (Å²) in [5, 5.41) is 27.8. The molecule has 25 heavy (non-hydrogen) atoms. The summed E-state index contributed by atoms with van der Waals surface area (Å²) in [5.74, 6) is 0. The van der Waals surface area contributed by atoms with Crippen molar-refractivity contribution in [3.63, 3.8) is 0 Å². The molecule has 3 aromatic rings. The molecule has 0 saturated heterocycles. The molecule has 3 aromatic carbocycles. The molecule has 0 aliphatic rings. The molecule has 0 aliphatic heterocycles. The molecule has 124 valence electrons. The van der Waals surface area contributed by atoms with E-state index < -0.39 is 7.92 Å². The first-order valence-electron chi connectivity index (χ1n) is 7.73. The van der Waals surface area contributed by atoms with Crippen LogP contribution in [0.2, 0.25) is 0 Å². The number of oxime groups is 2. The van der Waals surface area contributed by atoms with Crippen LogP contribution in [0.15, 0.2) is 89.2 Å². The smallest absolute Gasteiger partial charge is 0.0740 e. The molecule has 3 rings (SSSR count). The van der Waals surface area contributed by atoms with E-state index >= 15 is 0 Å². The Balaban J connectivity index is 2.26. The minimum atomic E-state index is -0.915. The van der Waals surface area contributed by atoms with Crippen molar-refractivity contribution in [2.45, 2.75) is 0 Å². The van der Waals surface area contributed by atoms with E-state index in [2.05, 4.69) is 22.4 Å². The van der Waals surface area contributed by atoms with E-state index in [0.717, 1.165) is 27.0 Å². The zero-order chi connectivity index (χ0) is 17.5. The predicted molar refractivity (Wildman–Crippen MR) is 104 cm³/mol. The Hall–Kier alpha value is -2.97. The molecular weight excluding hydrogens is 331 g/mol. The Bertz CT molecular complexity index is 839. The van der Waals surface area contributed by atoms with Gasteiger partial charge in [-0.25, -0.2) is 0 Å². The van der Waals surface area contributed by atoms with E-state index in [1.54, 1.807) is 0 Å². The Morgan fingerprint density at radius 2 is 1.04 bits per heavy atom. The van der Waals surface area contributed by atoms with Crippen LogP contribution in [0.25, 0.3) is 0 Å². The van der Waals surface area contributed by atoms with Crippen molar-refractivity contribution in [2.75, 3.05) is 0 Å². The van der Waals surface area contributed by atoms with Gasteiger partial charge in [-0.05, 0) is 23.8 Å². The zero-order valence-electron chi connectivity index (χ0n) is 13.4. The lowest BCUT2D eigenvalue weighted by atomic mass is 10.2. The van der Waals surface area contributed by atoms with E-state index in [1.807, 2.05) is 66.7 Å². The largest absolute Gasteiger partial charge is 0.411 e. The molecule has 0 bridgehead atoms. The van der Waals surface area contributed by atoms with Crippen LogP contribution in [0, 0.1) is 0 Å². The molecule has 0 fully saturated rings. The van der Waals surface area contributed by atoms with Crippen LogP contribution in [0.4, 0.5) is 0 Å². The van der Waals surface area contributed by atoms with Crippen molar-refractivity contribution in [3.8, 4) is 0 Å². The second-order valence-corrected chi connectivity index (χ2v) is 7.43. The first kappa shape index (κ1) is 16.9. The fourth-order valence-electron chi connectivity index (χ4n) is 2.71. The van der Waals surface area contributed by atoms with E-state index in [-0.39, 0.29) is 0 Å². The summed E-state index contributed by atoms with van der Waals surface area (Å²) in [6.07, 6.45) is 2.91. The Labute approximate surface area is 147 Å². The van der Waals surface area contributed by atoms with Gasteiger partial charge >= 0.3 is 0 Å². The highest BCUT2D eigenvalue weighted by atomic mass is 31.1. The van der Waals surface area contributed by atoms with Crippen molar-refractivity contribution >= 4 is 36.3 Å². The van der Waals surface area contributed by atoms with Crippen LogP contribution >= 0.6 is 7.92 Å². The lowest BCUT2D eigenvalue weighted by Crippen LogP contribution is -2.25. The maximum Gasteiger partial charge on any atom is 0.0740 e. The molecule has 0 amide bonds. The number of hydrogen-bond acceptors (Lipinski definition) is 4. The number of rotatable bonds is 5. The van der Waals surface area contributed by atoms with Crippen molar-refractivity contribution in [1.29, 1.82) is 0 Å². The van der Waals surface area contributed by atoms with Crippen molar-refractivity contribution in [1.82, 2.24) is 0 Å². The zero-order valence-corrected chi connectivity index (χ0v) is 14.3. The van der Waals surface area contributed by atoms with Gasteiger partial charge in [-0.1, -0.05) is 89.2 Å². The summed E-state index contributed by atoms with van der Waals surface area (Å²) in [4.78, 5) is 0. The van der Waals surface area contributed by atoms with Gasteiger partial charge in [-0.15, -0.1) is 0 Å². The van der Waals surface area contributed by atoms with Crippen LogP contribution in [-0.4, -0.2) is 22.8 Å². The number of benzene rings is 3. The van der Waals surface area contributed by atoms with Gasteiger partial charge in [0.05, 0.1) is 12.4 Å². The Morgan fingerprint density at radius 1 is 0.600 bits per heavy atom. The Kier molecular flexibility index (Phi) is 5.55. The lowest BCUT2D eigenvalue weighted by molar-refractivity contribution is 0.321. The quantitative estimate of drug-likeness (QED) is 0.322. The SMILES string of the molecule is O/N=C\c1ccccc1P(c1ccccc1)c1ccccc1/C=N\O. The molecule has 0 aromatic heterocycles. The van der Waals surface area contributed by atoms with Gasteiger partial charge in [0, 0.05) is 11.1 Å². The highest BCUT2D eigenvalue weighted by Crippen LogP contribution is 2.34. The van der Waals surface area contributed by atoms with E-state index in [4.69, 9.17) is 10.4 Å². The van der Waals surface area contributed by atoms with Gasteiger partial charge in [0.2, 0.25) is 0 Å². The van der Waals surface area contributed by atoms with Crippen LogP contribution in [0.5, 0.6) is 0 Å². The van der Waals surface area contributed by atoms with Crippen LogP contribution in [-0.2, 0) is 0 Å². The van der Waals surface area contributed by atoms with Gasteiger partial charge < -0.3 is 10.4 Å². The van der Waals surface area contributed by atoms with Crippen LogP contribution < -0.4 is 15.9 Å². The summed E-state index contributed by atoms with van der Waals surface area (Å²) in [6.45, 7) is 0. The molecule has 0 radical (unpaired) electrons. The monoisotopic (exact) mass is 348 g/mol. The fraction of sp³-hybridized carbons (Fsp3) is 0. The third-order valence-electron chi connectivity index (χ3n) is 3.76.